The molecular formula is C19H23N2S+. The molecule has 2 aromatic carbocycles. The normalized spacial score (nSPS) is 11.0. The molecule has 0 aliphatic rings. The quantitative estimate of drug-likeness (QED) is 0.645. The zero-order valence-electron chi connectivity index (χ0n) is 13.5. The molecule has 0 bridgehead atoms. The Morgan fingerprint density at radius 2 is 1.68 bits per heavy atom. The Bertz CT molecular complexity index is 757. The van der Waals surface area contributed by atoms with Crippen molar-refractivity contribution in [2.24, 2.45) is 0 Å². The molecule has 0 atom stereocenters. The van der Waals surface area contributed by atoms with Crippen LogP contribution in [0.5, 0.6) is 0 Å². The second-order valence-electron chi connectivity index (χ2n) is 5.77. The van der Waals surface area contributed by atoms with E-state index in [9.17, 15) is 0 Å². The molecule has 0 unspecified atom stereocenters. The lowest BCUT2D eigenvalue weighted by atomic mass is 10.1. The number of benzene rings is 2. The Morgan fingerprint density at radius 1 is 0.955 bits per heavy atom. The number of aryl methyl sites for hydroxylation is 3. The van der Waals surface area contributed by atoms with E-state index in [4.69, 9.17) is 0 Å². The Morgan fingerprint density at radius 3 is 2.36 bits per heavy atom. The van der Waals surface area contributed by atoms with E-state index in [1.54, 1.807) is 0 Å². The van der Waals surface area contributed by atoms with E-state index in [0.717, 1.165) is 19.4 Å². The summed E-state index contributed by atoms with van der Waals surface area (Å²) in [6.45, 7) is 3.27. The van der Waals surface area contributed by atoms with E-state index in [1.807, 2.05) is 11.3 Å². The molecule has 1 aromatic heterocycles. The van der Waals surface area contributed by atoms with Crippen molar-refractivity contribution < 1.29 is 4.57 Å². The standard InChI is InChI=1S/C19H23N2S/c1-4-21-17-7-5-6-8-18(17)22-19(21)14-11-15-9-12-16(13-10-15)20(2)3/h5-10,12-13H,4,11,14H2,1-3H3/q+1. The minimum atomic E-state index is 1.04. The molecule has 0 spiro atoms. The van der Waals surface area contributed by atoms with Crippen LogP contribution in [0.2, 0.25) is 0 Å². The van der Waals surface area contributed by atoms with Crippen molar-refractivity contribution in [3.05, 3.63) is 59.1 Å². The van der Waals surface area contributed by atoms with Crippen molar-refractivity contribution >= 4 is 27.2 Å². The summed E-state index contributed by atoms with van der Waals surface area (Å²) in [7, 11) is 4.16. The summed E-state index contributed by atoms with van der Waals surface area (Å²) in [5.74, 6) is 0. The summed E-state index contributed by atoms with van der Waals surface area (Å²) in [4.78, 5) is 2.14. The van der Waals surface area contributed by atoms with Crippen molar-refractivity contribution in [3.63, 3.8) is 0 Å². The summed E-state index contributed by atoms with van der Waals surface area (Å²) in [6.07, 6.45) is 2.20. The van der Waals surface area contributed by atoms with Gasteiger partial charge in [-0.1, -0.05) is 35.6 Å². The molecule has 0 N–H and O–H groups in total. The van der Waals surface area contributed by atoms with Gasteiger partial charge < -0.3 is 4.90 Å². The van der Waals surface area contributed by atoms with Gasteiger partial charge in [0.05, 0.1) is 0 Å². The first-order chi connectivity index (χ1) is 10.7. The first-order valence-corrected chi connectivity index (χ1v) is 8.67. The maximum absolute atomic E-state index is 2.45. The molecule has 2 nitrogen and oxygen atoms in total. The minimum absolute atomic E-state index is 1.04. The second-order valence-corrected chi connectivity index (χ2v) is 6.88. The fourth-order valence-corrected chi connectivity index (χ4v) is 4.05. The maximum Gasteiger partial charge on any atom is 0.238 e. The third-order valence-electron chi connectivity index (χ3n) is 4.08. The van der Waals surface area contributed by atoms with Gasteiger partial charge in [0, 0.05) is 32.3 Å². The summed E-state index contributed by atoms with van der Waals surface area (Å²) in [6, 6.07) is 17.6. The number of hydrogen-bond acceptors (Lipinski definition) is 2. The second kappa shape index (κ2) is 6.49. The highest BCUT2D eigenvalue weighted by molar-refractivity contribution is 7.18. The number of hydrogen-bond donors (Lipinski definition) is 0. The molecule has 3 aromatic rings. The molecule has 0 saturated heterocycles. The van der Waals surface area contributed by atoms with Gasteiger partial charge in [-0.3, -0.25) is 0 Å². The van der Waals surface area contributed by atoms with Gasteiger partial charge in [0.25, 0.3) is 0 Å². The zero-order chi connectivity index (χ0) is 15.5. The number of thiazole rings is 1. The van der Waals surface area contributed by atoms with E-state index in [0.29, 0.717) is 0 Å². The van der Waals surface area contributed by atoms with Gasteiger partial charge >= 0.3 is 0 Å². The summed E-state index contributed by atoms with van der Waals surface area (Å²) >= 11 is 1.93. The average molecular weight is 311 g/mol. The molecule has 3 rings (SSSR count). The number of anilines is 1. The smallest absolute Gasteiger partial charge is 0.238 e. The predicted octanol–water partition coefficient (Wildman–Crippen LogP) is 4.06. The topological polar surface area (TPSA) is 7.12 Å². The van der Waals surface area contributed by atoms with Crippen molar-refractivity contribution in [1.82, 2.24) is 0 Å². The van der Waals surface area contributed by atoms with Gasteiger partial charge in [0.2, 0.25) is 10.5 Å². The molecule has 0 aliphatic carbocycles. The van der Waals surface area contributed by atoms with Crippen LogP contribution in [0.4, 0.5) is 5.69 Å². The number of rotatable bonds is 5. The third kappa shape index (κ3) is 3.00. The Labute approximate surface area is 136 Å². The number of nitrogens with zero attached hydrogens (tertiary/aromatic N) is 2. The number of aromatic nitrogens is 1. The molecule has 3 heteroatoms. The van der Waals surface area contributed by atoms with Gasteiger partial charge in [-0.25, -0.2) is 0 Å². The van der Waals surface area contributed by atoms with Crippen molar-refractivity contribution in [2.75, 3.05) is 19.0 Å². The summed E-state index contributed by atoms with van der Waals surface area (Å²) < 4.78 is 3.84. The van der Waals surface area contributed by atoms with E-state index in [1.165, 1.54) is 26.5 Å². The van der Waals surface area contributed by atoms with Crippen LogP contribution in [0, 0.1) is 0 Å². The SMILES string of the molecule is CC[n+]1c(CCc2ccc(N(C)C)cc2)sc2ccccc21. The molecule has 0 amide bonds. The predicted molar refractivity (Wildman–Crippen MR) is 95.9 cm³/mol. The van der Waals surface area contributed by atoms with Crippen LogP contribution in [0.25, 0.3) is 10.2 Å². The first-order valence-electron chi connectivity index (χ1n) is 7.85. The minimum Gasteiger partial charge on any atom is -0.378 e. The van der Waals surface area contributed by atoms with Gasteiger partial charge in [0.15, 0.2) is 0 Å². The van der Waals surface area contributed by atoms with Crippen LogP contribution >= 0.6 is 11.3 Å². The highest BCUT2D eigenvalue weighted by Gasteiger charge is 2.18. The van der Waals surface area contributed by atoms with E-state index < -0.39 is 0 Å². The van der Waals surface area contributed by atoms with Gasteiger partial charge in [-0.05, 0) is 37.1 Å². The van der Waals surface area contributed by atoms with Crippen molar-refractivity contribution in [1.29, 1.82) is 0 Å². The number of fused-ring (bicyclic) bond motifs is 1. The van der Waals surface area contributed by atoms with E-state index >= 15 is 0 Å². The van der Waals surface area contributed by atoms with Gasteiger partial charge in [0.1, 0.15) is 11.2 Å². The maximum atomic E-state index is 2.45. The average Bonchev–Trinajstić information content (AvgIpc) is 2.90. The van der Waals surface area contributed by atoms with Crippen LogP contribution < -0.4 is 9.47 Å². The lowest BCUT2D eigenvalue weighted by molar-refractivity contribution is -0.670. The van der Waals surface area contributed by atoms with Crippen LogP contribution in [-0.4, -0.2) is 14.1 Å². The summed E-state index contributed by atoms with van der Waals surface area (Å²) in [5.41, 5.74) is 4.04. The fraction of sp³-hybridized carbons (Fsp3) is 0.316. The van der Waals surface area contributed by atoms with Gasteiger partial charge in [-0.15, -0.1) is 0 Å². The van der Waals surface area contributed by atoms with Crippen LogP contribution in [-0.2, 0) is 19.4 Å². The Kier molecular flexibility index (Phi) is 4.44. The molecule has 0 saturated carbocycles. The Balaban J connectivity index is 1.78. The van der Waals surface area contributed by atoms with Crippen molar-refractivity contribution in [2.45, 2.75) is 26.3 Å². The molecular weight excluding hydrogens is 288 g/mol. The zero-order valence-corrected chi connectivity index (χ0v) is 14.4. The van der Waals surface area contributed by atoms with Crippen LogP contribution in [0.3, 0.4) is 0 Å². The van der Waals surface area contributed by atoms with Gasteiger partial charge in [-0.2, -0.15) is 4.57 Å². The third-order valence-corrected chi connectivity index (χ3v) is 5.31. The highest BCUT2D eigenvalue weighted by atomic mass is 32.1. The van der Waals surface area contributed by atoms with Crippen LogP contribution in [0.15, 0.2) is 48.5 Å². The molecule has 0 radical (unpaired) electrons. The van der Waals surface area contributed by atoms with Crippen LogP contribution in [0.1, 0.15) is 17.5 Å². The monoisotopic (exact) mass is 311 g/mol. The lowest BCUT2D eigenvalue weighted by Gasteiger charge is -2.12. The summed E-state index contributed by atoms with van der Waals surface area (Å²) in [5, 5.41) is 1.47. The first kappa shape index (κ1) is 15.0. The van der Waals surface area contributed by atoms with E-state index in [2.05, 4.69) is 79.0 Å². The number of para-hydroxylation sites is 1. The molecule has 1 heterocycles. The molecule has 22 heavy (non-hydrogen) atoms. The van der Waals surface area contributed by atoms with Crippen molar-refractivity contribution in [3.8, 4) is 0 Å². The molecule has 0 aliphatic heterocycles. The lowest BCUT2D eigenvalue weighted by Crippen LogP contribution is -2.35. The Hall–Kier alpha value is -1.87. The van der Waals surface area contributed by atoms with E-state index in [-0.39, 0.29) is 0 Å². The molecule has 114 valence electrons. The largest absolute Gasteiger partial charge is 0.378 e. The highest BCUT2D eigenvalue weighted by Crippen LogP contribution is 2.22. The fourth-order valence-electron chi connectivity index (χ4n) is 2.83. The molecule has 0 fully saturated rings.